The van der Waals surface area contributed by atoms with E-state index in [1.165, 1.54) is 0 Å². The smallest absolute Gasteiger partial charge is 0.252 e. The number of morpholine rings is 1. The summed E-state index contributed by atoms with van der Waals surface area (Å²) in [6.45, 7) is 4.02. The average Bonchev–Trinajstić information content (AvgIpc) is 3.01. The molecule has 2 heterocycles. The van der Waals surface area contributed by atoms with Crippen molar-refractivity contribution in [3.63, 3.8) is 0 Å². The van der Waals surface area contributed by atoms with E-state index in [0.29, 0.717) is 5.76 Å². The molecule has 2 amide bonds. The molecular weight excluding hydrogens is 320 g/mol. The van der Waals surface area contributed by atoms with Crippen molar-refractivity contribution in [3.8, 4) is 0 Å². The minimum absolute atomic E-state index is 0.100. The van der Waals surface area contributed by atoms with Crippen LogP contribution in [0.15, 0.2) is 40.8 Å². The first-order valence-corrected chi connectivity index (χ1v) is 8.22. The summed E-state index contributed by atoms with van der Waals surface area (Å²) in [5.41, 5.74) is 1.98. The van der Waals surface area contributed by atoms with Gasteiger partial charge in [-0.15, -0.1) is 0 Å². The Labute approximate surface area is 146 Å². The maximum absolute atomic E-state index is 12.7. The van der Waals surface area contributed by atoms with Gasteiger partial charge in [0.05, 0.1) is 12.6 Å². The van der Waals surface area contributed by atoms with Crippen LogP contribution in [0.1, 0.15) is 28.7 Å². The molecule has 3 rings (SSSR count). The first-order valence-electron chi connectivity index (χ1n) is 8.22. The number of nitrogens with one attached hydrogen (secondary N) is 1. The lowest BCUT2D eigenvalue weighted by atomic mass is 9.97. The van der Waals surface area contributed by atoms with Crippen LogP contribution in [0.3, 0.4) is 0 Å². The van der Waals surface area contributed by atoms with Crippen molar-refractivity contribution in [1.29, 1.82) is 0 Å². The number of carbonyl (C=O) groups excluding carboxylic acids is 2. The van der Waals surface area contributed by atoms with Gasteiger partial charge >= 0.3 is 0 Å². The molecule has 0 spiro atoms. The molecule has 25 heavy (non-hydrogen) atoms. The maximum Gasteiger partial charge on any atom is 0.252 e. The molecule has 6 heteroatoms. The van der Waals surface area contributed by atoms with Crippen LogP contribution in [-0.2, 0) is 20.9 Å². The quantitative estimate of drug-likeness (QED) is 0.924. The Morgan fingerprint density at radius 2 is 1.92 bits per heavy atom. The molecule has 1 aliphatic heterocycles. The average molecular weight is 342 g/mol. The molecule has 2 atom stereocenters. The highest BCUT2D eigenvalue weighted by Crippen LogP contribution is 2.29. The fourth-order valence-corrected chi connectivity index (χ4v) is 2.95. The van der Waals surface area contributed by atoms with Gasteiger partial charge in [-0.1, -0.05) is 29.8 Å². The summed E-state index contributed by atoms with van der Waals surface area (Å²) < 4.78 is 11.0. The second-order valence-electron chi connectivity index (χ2n) is 6.32. The molecule has 2 aromatic rings. The highest BCUT2D eigenvalue weighted by molar-refractivity contribution is 5.86. The maximum atomic E-state index is 12.7. The van der Waals surface area contributed by atoms with Crippen molar-refractivity contribution in [2.24, 2.45) is 0 Å². The SMILES string of the molecule is Cc1ccc([C@H]2[C@@H](C(=O)NCc3ccc(C)o3)OCC(=O)N2C)cc1. The van der Waals surface area contributed by atoms with E-state index in [4.69, 9.17) is 9.15 Å². The van der Waals surface area contributed by atoms with Crippen LogP contribution in [0.25, 0.3) is 0 Å². The lowest BCUT2D eigenvalue weighted by Crippen LogP contribution is -2.52. The van der Waals surface area contributed by atoms with E-state index in [2.05, 4.69) is 5.32 Å². The number of rotatable bonds is 4. The third-order valence-corrected chi connectivity index (χ3v) is 4.39. The van der Waals surface area contributed by atoms with Gasteiger partial charge < -0.3 is 19.4 Å². The molecule has 0 bridgehead atoms. The summed E-state index contributed by atoms with van der Waals surface area (Å²) >= 11 is 0. The molecule has 1 aromatic carbocycles. The predicted molar refractivity (Wildman–Crippen MR) is 91.7 cm³/mol. The lowest BCUT2D eigenvalue weighted by Gasteiger charge is -2.38. The molecular formula is C19H22N2O4. The minimum Gasteiger partial charge on any atom is -0.465 e. The van der Waals surface area contributed by atoms with E-state index in [1.54, 1.807) is 11.9 Å². The first-order chi connectivity index (χ1) is 12.0. The number of aryl methyl sites for hydroxylation is 2. The summed E-state index contributed by atoms with van der Waals surface area (Å²) in [5, 5.41) is 2.83. The standard InChI is InChI=1S/C19H22N2O4/c1-12-4-7-14(8-5-12)17-18(24-11-16(22)21(17)3)19(23)20-10-15-9-6-13(2)25-15/h4-9,17-18H,10-11H2,1-3H3,(H,20,23)/t17-,18-/m0/s1. The van der Waals surface area contributed by atoms with E-state index in [0.717, 1.165) is 16.9 Å². The van der Waals surface area contributed by atoms with Gasteiger partial charge in [0, 0.05) is 7.05 Å². The Balaban J connectivity index is 1.77. The van der Waals surface area contributed by atoms with Crippen LogP contribution < -0.4 is 5.32 Å². The molecule has 6 nitrogen and oxygen atoms in total. The van der Waals surface area contributed by atoms with Gasteiger partial charge in [0.1, 0.15) is 18.1 Å². The van der Waals surface area contributed by atoms with E-state index in [9.17, 15) is 9.59 Å². The molecule has 0 unspecified atom stereocenters. The number of furan rings is 1. The molecule has 1 N–H and O–H groups in total. The highest BCUT2D eigenvalue weighted by atomic mass is 16.5. The summed E-state index contributed by atoms with van der Waals surface area (Å²) in [6.07, 6.45) is -0.763. The number of carbonyl (C=O) groups is 2. The molecule has 0 radical (unpaired) electrons. The second-order valence-corrected chi connectivity index (χ2v) is 6.32. The van der Waals surface area contributed by atoms with Crippen LogP contribution in [0, 0.1) is 13.8 Å². The number of likely N-dealkylation sites (N-methyl/N-ethyl adjacent to an activating group) is 1. The normalized spacial score (nSPS) is 20.6. The summed E-state index contributed by atoms with van der Waals surface area (Å²) in [6, 6.07) is 11.0. The summed E-state index contributed by atoms with van der Waals surface area (Å²) in [5.74, 6) is 1.06. The van der Waals surface area contributed by atoms with Crippen molar-refractivity contribution in [3.05, 3.63) is 59.0 Å². The fourth-order valence-electron chi connectivity index (χ4n) is 2.95. The summed E-state index contributed by atoms with van der Waals surface area (Å²) in [7, 11) is 1.70. The Morgan fingerprint density at radius 3 is 2.56 bits per heavy atom. The van der Waals surface area contributed by atoms with Gasteiger partial charge in [-0.25, -0.2) is 0 Å². The number of nitrogens with zero attached hydrogens (tertiary/aromatic N) is 1. The molecule has 1 saturated heterocycles. The number of benzene rings is 1. The Hall–Kier alpha value is -2.60. The molecule has 0 saturated carbocycles. The number of hydrogen-bond donors (Lipinski definition) is 1. The molecule has 1 fully saturated rings. The van der Waals surface area contributed by atoms with Gasteiger partial charge in [0.2, 0.25) is 5.91 Å². The minimum atomic E-state index is -0.763. The number of ether oxygens (including phenoxy) is 1. The van der Waals surface area contributed by atoms with Gasteiger partial charge in [-0.3, -0.25) is 9.59 Å². The van der Waals surface area contributed by atoms with Crippen molar-refractivity contribution in [2.45, 2.75) is 32.5 Å². The van der Waals surface area contributed by atoms with Crippen LogP contribution in [-0.4, -0.2) is 36.5 Å². The Kier molecular flexibility index (Phi) is 4.90. The third kappa shape index (κ3) is 3.74. The molecule has 0 aliphatic carbocycles. The fraction of sp³-hybridized carbons (Fsp3) is 0.368. The Bertz CT molecular complexity index is 766. The zero-order chi connectivity index (χ0) is 18.0. The highest BCUT2D eigenvalue weighted by Gasteiger charge is 2.39. The van der Waals surface area contributed by atoms with Gasteiger partial charge in [-0.05, 0) is 31.5 Å². The molecule has 1 aliphatic rings. The van der Waals surface area contributed by atoms with Crippen molar-refractivity contribution < 1.29 is 18.7 Å². The topological polar surface area (TPSA) is 71.8 Å². The van der Waals surface area contributed by atoms with Gasteiger partial charge in [0.25, 0.3) is 5.91 Å². The van der Waals surface area contributed by atoms with Gasteiger partial charge in [0.15, 0.2) is 6.10 Å². The monoisotopic (exact) mass is 342 g/mol. The molecule has 132 valence electrons. The predicted octanol–water partition coefficient (Wildman–Crippen LogP) is 2.11. The van der Waals surface area contributed by atoms with Crippen molar-refractivity contribution in [1.82, 2.24) is 10.2 Å². The number of hydrogen-bond acceptors (Lipinski definition) is 4. The lowest BCUT2D eigenvalue weighted by molar-refractivity contribution is -0.162. The zero-order valence-corrected chi connectivity index (χ0v) is 14.6. The van der Waals surface area contributed by atoms with Crippen LogP contribution >= 0.6 is 0 Å². The zero-order valence-electron chi connectivity index (χ0n) is 14.6. The van der Waals surface area contributed by atoms with E-state index < -0.39 is 12.1 Å². The van der Waals surface area contributed by atoms with E-state index in [-0.39, 0.29) is 25.0 Å². The van der Waals surface area contributed by atoms with Crippen molar-refractivity contribution >= 4 is 11.8 Å². The van der Waals surface area contributed by atoms with E-state index >= 15 is 0 Å². The third-order valence-electron chi connectivity index (χ3n) is 4.39. The van der Waals surface area contributed by atoms with E-state index in [1.807, 2.05) is 50.2 Å². The largest absolute Gasteiger partial charge is 0.465 e. The van der Waals surface area contributed by atoms with Crippen LogP contribution in [0.5, 0.6) is 0 Å². The molecule has 1 aromatic heterocycles. The summed E-state index contributed by atoms with van der Waals surface area (Å²) in [4.78, 5) is 26.3. The Morgan fingerprint density at radius 1 is 1.20 bits per heavy atom. The van der Waals surface area contributed by atoms with Gasteiger partial charge in [-0.2, -0.15) is 0 Å². The van der Waals surface area contributed by atoms with Crippen molar-refractivity contribution in [2.75, 3.05) is 13.7 Å². The second kappa shape index (κ2) is 7.11. The van der Waals surface area contributed by atoms with Crippen LogP contribution in [0.2, 0.25) is 0 Å². The first kappa shape index (κ1) is 17.2. The van der Waals surface area contributed by atoms with Crippen LogP contribution in [0.4, 0.5) is 0 Å². The number of amides is 2.